The molecule has 1 N–H and O–H groups in total. The molecule has 192 valence electrons. The maximum absolute atomic E-state index is 13.6. The van der Waals surface area contributed by atoms with Crippen molar-refractivity contribution in [2.24, 2.45) is 4.99 Å². The second kappa shape index (κ2) is 9.99. The van der Waals surface area contributed by atoms with Gasteiger partial charge in [-0.3, -0.25) is 9.69 Å². The van der Waals surface area contributed by atoms with Gasteiger partial charge in [0.1, 0.15) is 0 Å². The molecule has 3 aromatic carbocycles. The molecule has 5 rings (SSSR count). The molecule has 2 heterocycles. The van der Waals surface area contributed by atoms with Crippen molar-refractivity contribution in [3.05, 3.63) is 106 Å². The zero-order chi connectivity index (χ0) is 27.0. The predicted molar refractivity (Wildman–Crippen MR) is 156 cm³/mol. The smallest absolute Gasteiger partial charge is 0.335 e. The quantitative estimate of drug-likeness (QED) is 0.372. The van der Waals surface area contributed by atoms with Gasteiger partial charge >= 0.3 is 5.97 Å². The van der Waals surface area contributed by atoms with E-state index in [2.05, 4.69) is 50.9 Å². The third-order valence-electron chi connectivity index (χ3n) is 6.95. The van der Waals surface area contributed by atoms with Crippen molar-refractivity contribution in [1.29, 1.82) is 0 Å². The summed E-state index contributed by atoms with van der Waals surface area (Å²) in [5, 5.41) is 9.80. The van der Waals surface area contributed by atoms with Crippen LogP contribution in [0.5, 0.6) is 0 Å². The molecule has 1 fully saturated rings. The molecular formula is C31H29N3O3S. The first-order chi connectivity index (χ1) is 18.1. The lowest BCUT2D eigenvalue weighted by Gasteiger charge is -2.40. The number of carboxylic acid groups (broad SMARTS) is 1. The highest BCUT2D eigenvalue weighted by molar-refractivity contribution is 8.18. The van der Waals surface area contributed by atoms with Crippen LogP contribution in [0.15, 0.2) is 88.8 Å². The van der Waals surface area contributed by atoms with Crippen molar-refractivity contribution >= 4 is 51.8 Å². The number of hydrogen-bond donors (Lipinski definition) is 1. The Morgan fingerprint density at radius 3 is 2.45 bits per heavy atom. The summed E-state index contributed by atoms with van der Waals surface area (Å²) in [6.45, 7) is 6.81. The molecule has 0 aliphatic carbocycles. The first-order valence-corrected chi connectivity index (χ1v) is 13.2. The number of thioether (sulfide) groups is 1. The van der Waals surface area contributed by atoms with Gasteiger partial charge in [-0.15, -0.1) is 0 Å². The maximum atomic E-state index is 13.6. The molecule has 7 heteroatoms. The van der Waals surface area contributed by atoms with E-state index in [1.165, 1.54) is 23.0 Å². The number of anilines is 1. The summed E-state index contributed by atoms with van der Waals surface area (Å²) in [5.74, 6) is -1.11. The van der Waals surface area contributed by atoms with Crippen molar-refractivity contribution in [1.82, 2.24) is 4.90 Å². The van der Waals surface area contributed by atoms with E-state index in [9.17, 15) is 14.7 Å². The number of carbonyl (C=O) groups excluding carboxylic acids is 1. The van der Waals surface area contributed by atoms with Gasteiger partial charge in [-0.1, -0.05) is 42.5 Å². The van der Waals surface area contributed by atoms with E-state index < -0.39 is 5.97 Å². The highest BCUT2D eigenvalue weighted by Gasteiger charge is 2.34. The van der Waals surface area contributed by atoms with Gasteiger partial charge in [0.05, 0.1) is 28.2 Å². The van der Waals surface area contributed by atoms with Crippen LogP contribution in [0.2, 0.25) is 0 Å². The molecule has 0 saturated carbocycles. The van der Waals surface area contributed by atoms with Crippen molar-refractivity contribution in [2.45, 2.75) is 32.9 Å². The Morgan fingerprint density at radius 1 is 1.05 bits per heavy atom. The fraction of sp³-hybridized carbons (Fsp3) is 0.194. The number of aromatic carboxylic acids is 1. The van der Waals surface area contributed by atoms with E-state index in [0.717, 1.165) is 22.4 Å². The van der Waals surface area contributed by atoms with E-state index >= 15 is 0 Å². The SMILES string of the molecule is CC1=CC(C)(C)N(C)c2ccc(/C=C3/SC(=Nc4ccccc4)N(Cc4ccc(C(=O)O)cc4)C3=O)cc21. The van der Waals surface area contributed by atoms with E-state index in [4.69, 9.17) is 4.99 Å². The van der Waals surface area contributed by atoms with Gasteiger partial charge in [-0.05, 0) is 91.7 Å². The highest BCUT2D eigenvalue weighted by atomic mass is 32.2. The summed E-state index contributed by atoms with van der Waals surface area (Å²) in [4.78, 5) is 34.1. The van der Waals surface area contributed by atoms with E-state index in [0.29, 0.717) is 16.6 Å². The molecule has 0 atom stereocenters. The first kappa shape index (κ1) is 25.5. The summed E-state index contributed by atoms with van der Waals surface area (Å²) >= 11 is 1.35. The van der Waals surface area contributed by atoms with Gasteiger partial charge in [0.25, 0.3) is 5.91 Å². The van der Waals surface area contributed by atoms with Crippen LogP contribution >= 0.6 is 11.8 Å². The van der Waals surface area contributed by atoms with E-state index in [1.807, 2.05) is 42.5 Å². The molecular weight excluding hydrogens is 494 g/mol. The predicted octanol–water partition coefficient (Wildman–Crippen LogP) is 6.82. The fourth-order valence-corrected chi connectivity index (χ4v) is 5.69. The van der Waals surface area contributed by atoms with Gasteiger partial charge in [-0.25, -0.2) is 9.79 Å². The van der Waals surface area contributed by atoms with Gasteiger partial charge in [0, 0.05) is 18.3 Å². The Balaban J connectivity index is 1.49. The van der Waals surface area contributed by atoms with E-state index in [1.54, 1.807) is 29.2 Å². The summed E-state index contributed by atoms with van der Waals surface area (Å²) in [7, 11) is 2.10. The van der Waals surface area contributed by atoms with Crippen LogP contribution in [0.3, 0.4) is 0 Å². The van der Waals surface area contributed by atoms with Crippen LogP contribution in [0, 0.1) is 0 Å². The van der Waals surface area contributed by atoms with Gasteiger partial charge in [-0.2, -0.15) is 0 Å². The number of carboxylic acids is 1. The molecule has 0 radical (unpaired) electrons. The third-order valence-corrected chi connectivity index (χ3v) is 7.96. The number of amides is 1. The molecule has 2 aliphatic rings. The Morgan fingerprint density at radius 2 is 1.76 bits per heavy atom. The van der Waals surface area contributed by atoms with Crippen molar-refractivity contribution in [3.63, 3.8) is 0 Å². The van der Waals surface area contributed by atoms with Gasteiger partial charge in [0.2, 0.25) is 0 Å². The Hall–Kier alpha value is -4.10. The molecule has 0 unspecified atom stereocenters. The number of carbonyl (C=O) groups is 2. The van der Waals surface area contributed by atoms with Crippen LogP contribution in [-0.4, -0.2) is 39.6 Å². The minimum Gasteiger partial charge on any atom is -0.478 e. The molecule has 1 saturated heterocycles. The Labute approximate surface area is 227 Å². The normalized spacial score (nSPS) is 18.6. The molecule has 0 bridgehead atoms. The summed E-state index contributed by atoms with van der Waals surface area (Å²) < 4.78 is 0. The van der Waals surface area contributed by atoms with E-state index in [-0.39, 0.29) is 17.0 Å². The Bertz CT molecular complexity index is 1510. The minimum atomic E-state index is -0.981. The average molecular weight is 524 g/mol. The molecule has 6 nitrogen and oxygen atoms in total. The topological polar surface area (TPSA) is 73.2 Å². The van der Waals surface area contributed by atoms with Crippen molar-refractivity contribution in [3.8, 4) is 0 Å². The summed E-state index contributed by atoms with van der Waals surface area (Å²) in [6.07, 6.45) is 4.19. The van der Waals surface area contributed by atoms with Crippen LogP contribution in [0.4, 0.5) is 11.4 Å². The molecule has 1 amide bonds. The number of nitrogens with zero attached hydrogens (tertiary/aromatic N) is 3. The largest absolute Gasteiger partial charge is 0.478 e. The monoisotopic (exact) mass is 523 g/mol. The lowest BCUT2D eigenvalue weighted by molar-refractivity contribution is -0.122. The number of para-hydroxylation sites is 1. The van der Waals surface area contributed by atoms with Crippen molar-refractivity contribution in [2.75, 3.05) is 11.9 Å². The standard InChI is InChI=1S/C31H29N3O3S/c1-20-18-31(2,3)33(4)26-15-12-22(16-25(20)26)17-27-28(35)34(19-21-10-13-23(14-11-21)29(36)37)30(38-27)32-24-8-6-5-7-9-24/h5-18H,19H2,1-4H3,(H,36,37)/b27-17+,32-30?. The first-order valence-electron chi connectivity index (χ1n) is 12.4. The number of benzene rings is 3. The van der Waals surface area contributed by atoms with Gasteiger partial charge < -0.3 is 10.0 Å². The molecule has 38 heavy (non-hydrogen) atoms. The maximum Gasteiger partial charge on any atom is 0.335 e. The number of allylic oxidation sites excluding steroid dienone is 1. The third kappa shape index (κ3) is 5.02. The fourth-order valence-electron chi connectivity index (χ4n) is 4.70. The molecule has 0 spiro atoms. The van der Waals surface area contributed by atoms with Crippen LogP contribution in [0.25, 0.3) is 11.6 Å². The number of rotatable bonds is 5. The Kier molecular flexibility index (Phi) is 6.71. The zero-order valence-corrected chi connectivity index (χ0v) is 22.6. The highest BCUT2D eigenvalue weighted by Crippen LogP contribution is 2.40. The number of hydrogen-bond acceptors (Lipinski definition) is 5. The van der Waals surface area contributed by atoms with Crippen LogP contribution in [-0.2, 0) is 11.3 Å². The average Bonchev–Trinajstić information content (AvgIpc) is 3.17. The number of aliphatic imine (C=N–C) groups is 1. The zero-order valence-electron chi connectivity index (χ0n) is 21.8. The summed E-state index contributed by atoms with van der Waals surface area (Å²) in [6, 6.07) is 22.4. The number of amidine groups is 1. The minimum absolute atomic E-state index is 0.0691. The number of fused-ring (bicyclic) bond motifs is 1. The second-order valence-corrected chi connectivity index (χ2v) is 11.1. The lowest BCUT2D eigenvalue weighted by atomic mass is 9.88. The van der Waals surface area contributed by atoms with Crippen molar-refractivity contribution < 1.29 is 14.7 Å². The summed E-state index contributed by atoms with van der Waals surface area (Å²) in [5.41, 5.74) is 6.21. The van der Waals surface area contributed by atoms with Gasteiger partial charge in [0.15, 0.2) is 5.17 Å². The van der Waals surface area contributed by atoms with Crippen LogP contribution < -0.4 is 4.90 Å². The van der Waals surface area contributed by atoms with Crippen LogP contribution in [0.1, 0.15) is 47.8 Å². The second-order valence-electron chi connectivity index (χ2n) is 10.1. The lowest BCUT2D eigenvalue weighted by Crippen LogP contribution is -2.42. The molecule has 2 aliphatic heterocycles. The number of likely N-dealkylation sites (N-methyl/N-ethyl adjacent to an activating group) is 1. The molecule has 3 aromatic rings. The molecule has 0 aromatic heterocycles.